The second kappa shape index (κ2) is 7.55. The number of likely N-dealkylation sites (tertiary alicyclic amines) is 1. The van der Waals surface area contributed by atoms with E-state index in [-0.39, 0.29) is 58.8 Å². The maximum Gasteiger partial charge on any atom is 0.338 e. The van der Waals surface area contributed by atoms with Crippen LogP contribution in [0.5, 0.6) is 0 Å². The van der Waals surface area contributed by atoms with E-state index in [1.807, 2.05) is 18.2 Å². The summed E-state index contributed by atoms with van der Waals surface area (Å²) < 4.78 is 18.7. The van der Waals surface area contributed by atoms with E-state index in [1.54, 1.807) is 19.2 Å². The average molecular weight is 497 g/mol. The summed E-state index contributed by atoms with van der Waals surface area (Å²) in [4.78, 5) is 28.6. The van der Waals surface area contributed by atoms with Gasteiger partial charge in [-0.05, 0) is 57.1 Å². The maximum absolute atomic E-state index is 13.6. The van der Waals surface area contributed by atoms with Gasteiger partial charge in [0.1, 0.15) is 18.2 Å². The molecule has 7 nitrogen and oxygen atoms in total. The number of benzene rings is 1. The smallest absolute Gasteiger partial charge is 0.338 e. The molecule has 36 heavy (non-hydrogen) atoms. The third-order valence-electron chi connectivity index (χ3n) is 11.5. The van der Waals surface area contributed by atoms with Crippen LogP contribution in [0.4, 0.5) is 0 Å². The quantitative estimate of drug-likeness (QED) is 0.617. The van der Waals surface area contributed by atoms with Gasteiger partial charge in [0.15, 0.2) is 0 Å². The lowest BCUT2D eigenvalue weighted by Gasteiger charge is -2.66. The van der Waals surface area contributed by atoms with Crippen molar-refractivity contribution in [3.8, 4) is 0 Å². The predicted octanol–water partition coefficient (Wildman–Crippen LogP) is 1.63. The molecule has 3 heterocycles. The Balaban J connectivity index is 1.46. The third-order valence-corrected chi connectivity index (χ3v) is 11.5. The van der Waals surface area contributed by atoms with Gasteiger partial charge in [0.25, 0.3) is 0 Å². The first kappa shape index (κ1) is 23.2. The number of nitrogens with one attached hydrogen (secondary N) is 1. The molecular weight excluding hydrogens is 458 g/mol. The molecule has 0 aromatic heterocycles. The van der Waals surface area contributed by atoms with Crippen molar-refractivity contribution < 1.29 is 33.8 Å². The zero-order valence-corrected chi connectivity index (χ0v) is 21.4. The first-order chi connectivity index (χ1) is 17.3. The molecule has 7 heteroatoms. The highest BCUT2D eigenvalue weighted by atomic mass is 16.6. The minimum absolute atomic E-state index is 0.0330. The van der Waals surface area contributed by atoms with Gasteiger partial charge in [-0.25, -0.2) is 4.79 Å². The first-order valence-corrected chi connectivity index (χ1v) is 13.9. The van der Waals surface area contributed by atoms with E-state index in [1.165, 1.54) is 4.90 Å². The molecule has 4 saturated carbocycles. The van der Waals surface area contributed by atoms with Crippen LogP contribution in [0, 0.1) is 34.5 Å². The van der Waals surface area contributed by atoms with Crippen molar-refractivity contribution in [2.75, 3.05) is 20.2 Å². The van der Waals surface area contributed by atoms with Gasteiger partial charge in [0.2, 0.25) is 0 Å². The molecule has 0 amide bonds. The fraction of sp³-hybridized carbons (Fsp3) is 0.724. The largest absolute Gasteiger partial charge is 0.462 e. The van der Waals surface area contributed by atoms with Crippen LogP contribution in [-0.2, 0) is 19.0 Å². The van der Waals surface area contributed by atoms with E-state index in [0.717, 1.165) is 32.4 Å². The Hall–Kier alpha value is -1.96. The van der Waals surface area contributed by atoms with Crippen molar-refractivity contribution >= 4 is 11.9 Å². The fourth-order valence-electron chi connectivity index (χ4n) is 10.7. The van der Waals surface area contributed by atoms with E-state index < -0.39 is 17.6 Å². The number of ether oxygens (including phenoxy) is 3. The molecule has 4 aliphatic carbocycles. The zero-order chi connectivity index (χ0) is 25.0. The number of rotatable bonds is 4. The van der Waals surface area contributed by atoms with Gasteiger partial charge in [0, 0.05) is 18.4 Å². The molecule has 3 saturated heterocycles. The summed E-state index contributed by atoms with van der Waals surface area (Å²) >= 11 is 0. The van der Waals surface area contributed by atoms with Gasteiger partial charge in [-0.2, -0.15) is 0 Å². The molecule has 2 N–H and O–H groups in total. The van der Waals surface area contributed by atoms with Crippen LogP contribution in [0.3, 0.4) is 0 Å². The lowest BCUT2D eigenvalue weighted by molar-refractivity contribution is -0.952. The summed E-state index contributed by atoms with van der Waals surface area (Å²) in [5.74, 6) is -1.51. The van der Waals surface area contributed by atoms with Crippen LogP contribution >= 0.6 is 0 Å². The van der Waals surface area contributed by atoms with Crippen molar-refractivity contribution in [3.05, 3.63) is 35.9 Å². The van der Waals surface area contributed by atoms with E-state index >= 15 is 0 Å². The van der Waals surface area contributed by atoms with Crippen LogP contribution in [0.25, 0.3) is 0 Å². The molecule has 9 bridgehead atoms. The standard InChI is InChI=1S/C29H37NO6/c1-4-30-15-27(2)12-11-19(34-3)29-18-14-17-10-13-28(33,20(18)26(32)35-17)21(24(29)30)22(23(27)29)36-25(31)16-8-6-5-7-9-16/h5-9,17-24,33H,4,10-15H2,1-3H3/p+1. The number of methoxy groups -OCH3 is 1. The number of carbonyl (C=O) groups is 2. The van der Waals surface area contributed by atoms with E-state index in [4.69, 9.17) is 14.2 Å². The van der Waals surface area contributed by atoms with Crippen molar-refractivity contribution in [1.82, 2.24) is 0 Å². The Morgan fingerprint density at radius 1 is 1.22 bits per heavy atom. The highest BCUT2D eigenvalue weighted by Crippen LogP contribution is 2.75. The summed E-state index contributed by atoms with van der Waals surface area (Å²) in [6, 6.07) is 9.24. The lowest BCUT2D eigenvalue weighted by atomic mass is 9.42. The number of fused-ring (bicyclic) bond motifs is 2. The minimum atomic E-state index is -1.24. The number of aliphatic hydroxyl groups is 1. The molecule has 8 rings (SSSR count). The Labute approximate surface area is 212 Å². The fourth-order valence-corrected chi connectivity index (χ4v) is 10.7. The van der Waals surface area contributed by atoms with Crippen LogP contribution in [0.15, 0.2) is 30.3 Å². The van der Waals surface area contributed by atoms with Crippen LogP contribution in [-0.4, -0.2) is 67.2 Å². The van der Waals surface area contributed by atoms with E-state index in [2.05, 4.69) is 13.8 Å². The van der Waals surface area contributed by atoms with Gasteiger partial charge >= 0.3 is 11.9 Å². The van der Waals surface area contributed by atoms with Crippen LogP contribution < -0.4 is 4.90 Å². The Morgan fingerprint density at radius 2 is 2.00 bits per heavy atom. The Morgan fingerprint density at radius 3 is 2.72 bits per heavy atom. The zero-order valence-electron chi connectivity index (χ0n) is 21.4. The van der Waals surface area contributed by atoms with Gasteiger partial charge in [-0.15, -0.1) is 0 Å². The lowest BCUT2D eigenvalue weighted by Crippen LogP contribution is -3.21. The van der Waals surface area contributed by atoms with Crippen LogP contribution in [0.1, 0.15) is 56.3 Å². The van der Waals surface area contributed by atoms with Gasteiger partial charge < -0.3 is 24.2 Å². The molecule has 12 atom stereocenters. The number of quaternary nitrogens is 1. The molecule has 1 spiro atoms. The molecule has 0 radical (unpaired) electrons. The van der Waals surface area contributed by atoms with Gasteiger partial charge in [-0.1, -0.05) is 25.1 Å². The molecule has 12 unspecified atom stereocenters. The monoisotopic (exact) mass is 496 g/mol. The molecule has 7 fully saturated rings. The molecule has 3 aliphatic heterocycles. The molecule has 1 aromatic rings. The average Bonchev–Trinajstić information content (AvgIpc) is 2.92. The summed E-state index contributed by atoms with van der Waals surface area (Å²) in [7, 11) is 1.80. The Bertz CT molecular complexity index is 1090. The van der Waals surface area contributed by atoms with Crippen molar-refractivity contribution in [2.24, 2.45) is 34.5 Å². The summed E-state index contributed by atoms with van der Waals surface area (Å²) in [5.41, 5.74) is -1.13. The van der Waals surface area contributed by atoms with Crippen molar-refractivity contribution in [3.63, 3.8) is 0 Å². The van der Waals surface area contributed by atoms with Crippen LogP contribution in [0.2, 0.25) is 0 Å². The molecular formula is C29H38NO6+. The summed E-state index contributed by atoms with van der Waals surface area (Å²) in [6.07, 6.45) is 3.22. The number of hydrogen-bond acceptors (Lipinski definition) is 6. The molecule has 194 valence electrons. The van der Waals surface area contributed by atoms with Gasteiger partial charge in [-0.3, -0.25) is 4.79 Å². The molecule has 7 aliphatic rings. The minimum Gasteiger partial charge on any atom is -0.462 e. The second-order valence-electron chi connectivity index (χ2n) is 12.7. The summed E-state index contributed by atoms with van der Waals surface area (Å²) in [5, 5.41) is 12.7. The van der Waals surface area contributed by atoms with E-state index in [9.17, 15) is 14.7 Å². The third kappa shape index (κ3) is 2.60. The van der Waals surface area contributed by atoms with Crippen molar-refractivity contribution in [1.29, 1.82) is 0 Å². The second-order valence-corrected chi connectivity index (χ2v) is 12.7. The normalized spacial score (nSPS) is 51.9. The first-order valence-electron chi connectivity index (χ1n) is 13.9. The topological polar surface area (TPSA) is 86.5 Å². The maximum atomic E-state index is 13.6. The number of esters is 2. The SMILES string of the molecule is CC[NH+]1CC2(C)CCC(OC)C34C5CC6CCC(O)(C5C(=O)O6)C(C(OC(=O)c5ccccc5)C23)C14. The number of piperidine rings is 1. The summed E-state index contributed by atoms with van der Waals surface area (Å²) in [6.45, 7) is 6.51. The highest BCUT2D eigenvalue weighted by Gasteiger charge is 2.87. The van der Waals surface area contributed by atoms with Gasteiger partial charge in [0.05, 0.1) is 47.6 Å². The highest BCUT2D eigenvalue weighted by molar-refractivity contribution is 5.89. The Kier molecular flexibility index (Phi) is 4.86. The molecule has 1 aromatic carbocycles. The van der Waals surface area contributed by atoms with Crippen molar-refractivity contribution in [2.45, 2.75) is 75.9 Å². The number of carbonyl (C=O) groups excluding carboxylic acids is 2. The predicted molar refractivity (Wildman–Crippen MR) is 129 cm³/mol. The van der Waals surface area contributed by atoms with E-state index in [0.29, 0.717) is 18.4 Å². The number of hydrogen-bond donors (Lipinski definition) is 2.